The normalized spacial score (nSPS) is 24.1. The summed E-state index contributed by atoms with van der Waals surface area (Å²) in [5, 5.41) is 0. The van der Waals surface area contributed by atoms with Crippen LogP contribution in [0.3, 0.4) is 0 Å². The van der Waals surface area contributed by atoms with E-state index in [1.54, 1.807) is 6.07 Å². The van der Waals surface area contributed by atoms with Crippen molar-refractivity contribution in [2.75, 3.05) is 13.2 Å². The number of ether oxygens (including phenoxy) is 2. The standard InChI is InChI=1S/C31H44O5/c1-4-23-8-10-24(11-9-23)25-12-14-26(15-13-25)29(32)21-27-16-17-28(20-22(27)3)31(34)36-19-7-6-18-35-30(33)5-2/h5,16-17,20,23-26H,2,4,6-15,18-19,21H2,1,3H3. The van der Waals surface area contributed by atoms with Gasteiger partial charge in [-0.25, -0.2) is 9.59 Å². The highest BCUT2D eigenvalue weighted by Gasteiger charge is 2.32. The maximum Gasteiger partial charge on any atom is 0.338 e. The van der Waals surface area contributed by atoms with Gasteiger partial charge in [0.15, 0.2) is 0 Å². The van der Waals surface area contributed by atoms with Crippen molar-refractivity contribution in [3.05, 3.63) is 47.5 Å². The van der Waals surface area contributed by atoms with E-state index in [9.17, 15) is 14.4 Å². The molecule has 2 aliphatic rings. The number of hydrogen-bond donors (Lipinski definition) is 0. The predicted molar refractivity (Wildman–Crippen MR) is 142 cm³/mol. The Labute approximate surface area is 217 Å². The first-order chi connectivity index (χ1) is 17.4. The van der Waals surface area contributed by atoms with E-state index in [0.29, 0.717) is 30.6 Å². The maximum atomic E-state index is 13.1. The Morgan fingerprint density at radius 2 is 1.53 bits per heavy atom. The van der Waals surface area contributed by atoms with Crippen molar-refractivity contribution < 1.29 is 23.9 Å². The molecule has 198 valence electrons. The average molecular weight is 497 g/mol. The summed E-state index contributed by atoms with van der Waals surface area (Å²) in [7, 11) is 0. The second kappa shape index (κ2) is 14.3. The Bertz CT molecular complexity index is 888. The minimum atomic E-state index is -0.446. The smallest absolute Gasteiger partial charge is 0.338 e. The number of Topliss-reactive ketones (excluding diaryl/α,β-unsaturated/α-hetero) is 1. The van der Waals surface area contributed by atoms with Gasteiger partial charge in [-0.1, -0.05) is 38.8 Å². The first-order valence-corrected chi connectivity index (χ1v) is 14.0. The highest BCUT2D eigenvalue weighted by molar-refractivity contribution is 5.90. The van der Waals surface area contributed by atoms with E-state index < -0.39 is 5.97 Å². The molecule has 1 aromatic rings. The third kappa shape index (κ3) is 8.31. The lowest BCUT2D eigenvalue weighted by molar-refractivity contribution is -0.137. The van der Waals surface area contributed by atoms with Crippen LogP contribution in [-0.2, 0) is 25.5 Å². The van der Waals surface area contributed by atoms with Crippen LogP contribution in [0.1, 0.15) is 99.0 Å². The Balaban J connectivity index is 1.39. The van der Waals surface area contributed by atoms with Crippen LogP contribution >= 0.6 is 0 Å². The fraction of sp³-hybridized carbons (Fsp3) is 0.645. The highest BCUT2D eigenvalue weighted by Crippen LogP contribution is 2.42. The van der Waals surface area contributed by atoms with Crippen LogP contribution in [0, 0.1) is 30.6 Å². The second-order valence-corrected chi connectivity index (χ2v) is 10.8. The molecule has 0 heterocycles. The molecule has 0 saturated heterocycles. The van der Waals surface area contributed by atoms with E-state index >= 15 is 0 Å². The van der Waals surface area contributed by atoms with Gasteiger partial charge in [-0.05, 0) is 99.3 Å². The van der Waals surface area contributed by atoms with Gasteiger partial charge in [0.1, 0.15) is 5.78 Å². The third-order valence-electron chi connectivity index (χ3n) is 8.49. The predicted octanol–water partition coefficient (Wildman–Crippen LogP) is 6.80. The van der Waals surface area contributed by atoms with E-state index in [4.69, 9.17) is 9.47 Å². The molecule has 2 fully saturated rings. The van der Waals surface area contributed by atoms with E-state index in [1.165, 1.54) is 44.9 Å². The number of hydrogen-bond acceptors (Lipinski definition) is 5. The minimum absolute atomic E-state index is 0.183. The average Bonchev–Trinajstić information content (AvgIpc) is 2.91. The summed E-state index contributed by atoms with van der Waals surface area (Å²) >= 11 is 0. The van der Waals surface area contributed by atoms with Crippen LogP contribution in [0.2, 0.25) is 0 Å². The number of ketones is 1. The lowest BCUT2D eigenvalue weighted by atomic mass is 9.68. The van der Waals surface area contributed by atoms with Crippen molar-refractivity contribution >= 4 is 17.7 Å². The molecular weight excluding hydrogens is 452 g/mol. The number of carbonyl (C=O) groups is 3. The van der Waals surface area contributed by atoms with Gasteiger partial charge in [0.05, 0.1) is 18.8 Å². The molecule has 5 heteroatoms. The molecule has 0 N–H and O–H groups in total. The van der Waals surface area contributed by atoms with Crippen molar-refractivity contribution in [3.63, 3.8) is 0 Å². The fourth-order valence-corrected chi connectivity index (χ4v) is 6.02. The molecule has 2 saturated carbocycles. The van der Waals surface area contributed by atoms with Gasteiger partial charge in [0.2, 0.25) is 0 Å². The van der Waals surface area contributed by atoms with E-state index in [2.05, 4.69) is 13.5 Å². The van der Waals surface area contributed by atoms with Gasteiger partial charge in [0, 0.05) is 18.4 Å². The van der Waals surface area contributed by atoms with Crippen molar-refractivity contribution in [2.24, 2.45) is 23.7 Å². The summed E-state index contributed by atoms with van der Waals surface area (Å²) in [6.45, 7) is 8.17. The third-order valence-corrected chi connectivity index (χ3v) is 8.49. The maximum absolute atomic E-state index is 13.1. The Hall–Kier alpha value is -2.43. The molecule has 36 heavy (non-hydrogen) atoms. The summed E-state index contributed by atoms with van der Waals surface area (Å²) in [6, 6.07) is 5.48. The summed E-state index contributed by atoms with van der Waals surface area (Å²) in [6.07, 6.45) is 14.2. The molecule has 0 spiro atoms. The van der Waals surface area contributed by atoms with Crippen molar-refractivity contribution in [3.8, 4) is 0 Å². The Kier molecular flexibility index (Phi) is 11.2. The largest absolute Gasteiger partial charge is 0.463 e. The first-order valence-electron chi connectivity index (χ1n) is 14.0. The second-order valence-electron chi connectivity index (χ2n) is 10.8. The SMILES string of the molecule is C=CC(=O)OCCCCOC(=O)c1ccc(CC(=O)C2CCC(C3CCC(CC)CC3)CC2)c(C)c1. The van der Waals surface area contributed by atoms with E-state index in [0.717, 1.165) is 47.8 Å². The van der Waals surface area contributed by atoms with Crippen molar-refractivity contribution in [1.82, 2.24) is 0 Å². The number of rotatable bonds is 12. The molecule has 0 radical (unpaired) electrons. The topological polar surface area (TPSA) is 69.7 Å². The molecular formula is C31H44O5. The molecule has 1 aromatic carbocycles. The zero-order valence-electron chi connectivity index (χ0n) is 22.3. The van der Waals surface area contributed by atoms with Crippen LogP contribution < -0.4 is 0 Å². The lowest BCUT2D eigenvalue weighted by Crippen LogP contribution is -2.29. The summed E-state index contributed by atoms with van der Waals surface area (Å²) in [5.74, 6) is 2.36. The zero-order valence-corrected chi connectivity index (χ0v) is 22.3. The van der Waals surface area contributed by atoms with Crippen molar-refractivity contribution in [1.29, 1.82) is 0 Å². The molecule has 3 rings (SSSR count). The number of carbonyl (C=O) groups excluding carboxylic acids is 3. The van der Waals surface area contributed by atoms with Gasteiger partial charge < -0.3 is 9.47 Å². The zero-order chi connectivity index (χ0) is 25.9. The quantitative estimate of drug-likeness (QED) is 0.181. The van der Waals surface area contributed by atoms with Crippen LogP contribution in [0.5, 0.6) is 0 Å². The summed E-state index contributed by atoms with van der Waals surface area (Å²) in [5.41, 5.74) is 2.45. The molecule has 0 amide bonds. The molecule has 0 unspecified atom stereocenters. The number of benzene rings is 1. The lowest BCUT2D eigenvalue weighted by Gasteiger charge is -2.37. The van der Waals surface area contributed by atoms with Gasteiger partial charge >= 0.3 is 11.9 Å². The monoisotopic (exact) mass is 496 g/mol. The molecule has 5 nitrogen and oxygen atoms in total. The van der Waals surface area contributed by atoms with Gasteiger partial charge in [0.25, 0.3) is 0 Å². The van der Waals surface area contributed by atoms with Gasteiger partial charge in [-0.2, -0.15) is 0 Å². The van der Waals surface area contributed by atoms with Crippen LogP contribution in [0.25, 0.3) is 0 Å². The fourth-order valence-electron chi connectivity index (χ4n) is 6.02. The van der Waals surface area contributed by atoms with E-state index in [-0.39, 0.29) is 25.1 Å². The van der Waals surface area contributed by atoms with Crippen LogP contribution in [0.4, 0.5) is 0 Å². The molecule has 0 aromatic heterocycles. The minimum Gasteiger partial charge on any atom is -0.463 e. The van der Waals surface area contributed by atoms with Crippen LogP contribution in [-0.4, -0.2) is 30.9 Å². The molecule has 0 atom stereocenters. The Morgan fingerprint density at radius 3 is 2.11 bits per heavy atom. The Morgan fingerprint density at radius 1 is 0.917 bits per heavy atom. The van der Waals surface area contributed by atoms with Crippen LogP contribution in [0.15, 0.2) is 30.9 Å². The van der Waals surface area contributed by atoms with Gasteiger partial charge in [-0.3, -0.25) is 4.79 Å². The number of aryl methyl sites for hydroxylation is 1. The number of unbranched alkanes of at least 4 members (excludes halogenated alkanes) is 1. The van der Waals surface area contributed by atoms with Crippen molar-refractivity contribution in [2.45, 2.75) is 90.9 Å². The van der Waals surface area contributed by atoms with Gasteiger partial charge in [-0.15, -0.1) is 0 Å². The molecule has 2 aliphatic carbocycles. The summed E-state index contributed by atoms with van der Waals surface area (Å²) < 4.78 is 10.2. The van der Waals surface area contributed by atoms with E-state index in [1.807, 2.05) is 19.1 Å². The highest BCUT2D eigenvalue weighted by atomic mass is 16.5. The molecule has 0 aliphatic heterocycles. The number of esters is 2. The molecule has 0 bridgehead atoms. The summed E-state index contributed by atoms with van der Waals surface area (Å²) in [4.78, 5) is 36.4. The first kappa shape index (κ1) is 28.1.